The molecule has 1 aromatic heterocycles. The van der Waals surface area contributed by atoms with Crippen molar-refractivity contribution in [3.8, 4) is 17.1 Å². The van der Waals surface area contributed by atoms with E-state index in [2.05, 4.69) is 10.6 Å². The quantitative estimate of drug-likeness (QED) is 0.364. The maximum absolute atomic E-state index is 13.0. The highest BCUT2D eigenvalue weighted by Crippen LogP contribution is 2.27. The summed E-state index contributed by atoms with van der Waals surface area (Å²) in [6.45, 7) is 2.37. The van der Waals surface area contributed by atoms with Gasteiger partial charge in [0.15, 0.2) is 11.0 Å². The molecule has 4 rings (SSSR count). The van der Waals surface area contributed by atoms with E-state index in [-0.39, 0.29) is 34.1 Å². The summed E-state index contributed by atoms with van der Waals surface area (Å²) in [7, 11) is 0. The summed E-state index contributed by atoms with van der Waals surface area (Å²) in [4.78, 5) is 37.9. The van der Waals surface area contributed by atoms with E-state index in [1.165, 1.54) is 12.1 Å². The lowest BCUT2D eigenvalue weighted by atomic mass is 10.0. The van der Waals surface area contributed by atoms with E-state index in [0.717, 1.165) is 5.56 Å². The lowest BCUT2D eigenvalue weighted by molar-refractivity contribution is 0.0952. The number of nitrogens with one attached hydrogen (secondary N) is 2. The second-order valence-electron chi connectivity index (χ2n) is 7.85. The van der Waals surface area contributed by atoms with Gasteiger partial charge in [0.25, 0.3) is 11.8 Å². The van der Waals surface area contributed by atoms with Crippen molar-refractivity contribution in [1.29, 1.82) is 0 Å². The number of aromatic hydroxyl groups is 1. The highest BCUT2D eigenvalue weighted by atomic mass is 16.3. The Morgan fingerprint density at radius 1 is 0.882 bits per heavy atom. The molecule has 0 saturated carbocycles. The Balaban J connectivity index is 1.45. The van der Waals surface area contributed by atoms with E-state index >= 15 is 0 Å². The number of hydrogen-bond donors (Lipinski definition) is 3. The van der Waals surface area contributed by atoms with Gasteiger partial charge in [0.1, 0.15) is 11.5 Å². The number of phenols is 1. The molecule has 0 aliphatic heterocycles. The van der Waals surface area contributed by atoms with Gasteiger partial charge in [-0.15, -0.1) is 0 Å². The summed E-state index contributed by atoms with van der Waals surface area (Å²) in [6, 6.07) is 20.3. The van der Waals surface area contributed by atoms with Crippen LogP contribution in [0.1, 0.15) is 32.7 Å². The van der Waals surface area contributed by atoms with Crippen molar-refractivity contribution < 1.29 is 19.1 Å². The molecule has 0 aliphatic carbocycles. The first-order valence-electron chi connectivity index (χ1n) is 10.9. The molecule has 0 saturated heterocycles. The first-order valence-corrected chi connectivity index (χ1v) is 10.9. The standard InChI is InChI=1S/C27H24N2O5/c1-17-23(31)21-12-6-13-22(25(21)34-24(17)18-8-3-2-4-9-18)27(33)29-15-7-14-28-26(32)19-10-5-11-20(30)16-19/h2-6,8-13,16,30H,7,14-15H2,1H3,(H,28,32)(H,29,33). The number of para-hydroxylation sites is 1. The fraction of sp³-hybridized carbons (Fsp3) is 0.148. The van der Waals surface area contributed by atoms with Crippen LogP contribution in [0.5, 0.6) is 5.75 Å². The fourth-order valence-electron chi connectivity index (χ4n) is 3.69. The molecule has 0 aliphatic rings. The van der Waals surface area contributed by atoms with E-state index in [1.54, 1.807) is 37.3 Å². The van der Waals surface area contributed by atoms with Crippen LogP contribution < -0.4 is 16.1 Å². The normalized spacial score (nSPS) is 10.7. The zero-order valence-corrected chi connectivity index (χ0v) is 18.6. The number of carbonyl (C=O) groups excluding carboxylic acids is 2. The summed E-state index contributed by atoms with van der Waals surface area (Å²) in [6.07, 6.45) is 0.499. The molecule has 172 valence electrons. The molecule has 0 bridgehead atoms. The molecule has 0 unspecified atom stereocenters. The first-order chi connectivity index (χ1) is 16.5. The Kier molecular flexibility index (Phi) is 6.73. The molecule has 3 N–H and O–H groups in total. The minimum absolute atomic E-state index is 0.0206. The Bertz CT molecular complexity index is 1410. The molecular formula is C27H24N2O5. The van der Waals surface area contributed by atoms with Crippen molar-refractivity contribution >= 4 is 22.8 Å². The second kappa shape index (κ2) is 10.0. The Morgan fingerprint density at radius 3 is 2.32 bits per heavy atom. The van der Waals surface area contributed by atoms with Crippen LogP contribution in [0.25, 0.3) is 22.3 Å². The van der Waals surface area contributed by atoms with E-state index in [1.807, 2.05) is 30.3 Å². The molecule has 4 aromatic rings. The van der Waals surface area contributed by atoms with Gasteiger partial charge in [0.2, 0.25) is 0 Å². The van der Waals surface area contributed by atoms with Gasteiger partial charge in [-0.25, -0.2) is 0 Å². The zero-order chi connectivity index (χ0) is 24.1. The topological polar surface area (TPSA) is 109 Å². The second-order valence-corrected chi connectivity index (χ2v) is 7.85. The molecule has 3 aromatic carbocycles. The van der Waals surface area contributed by atoms with Crippen molar-refractivity contribution in [3.05, 3.63) is 99.7 Å². The van der Waals surface area contributed by atoms with Gasteiger partial charge in [0, 0.05) is 29.8 Å². The monoisotopic (exact) mass is 456 g/mol. The van der Waals surface area contributed by atoms with Gasteiger partial charge < -0.3 is 20.2 Å². The smallest absolute Gasteiger partial charge is 0.255 e. The van der Waals surface area contributed by atoms with Crippen molar-refractivity contribution in [2.24, 2.45) is 0 Å². The van der Waals surface area contributed by atoms with E-state index in [9.17, 15) is 19.5 Å². The molecule has 7 nitrogen and oxygen atoms in total. The number of fused-ring (bicyclic) bond motifs is 1. The lowest BCUT2D eigenvalue weighted by Gasteiger charge is -2.11. The highest BCUT2D eigenvalue weighted by molar-refractivity contribution is 6.05. The summed E-state index contributed by atoms with van der Waals surface area (Å²) in [5, 5.41) is 15.4. The third-order valence-electron chi connectivity index (χ3n) is 5.46. The van der Waals surface area contributed by atoms with Gasteiger partial charge in [0.05, 0.1) is 10.9 Å². The molecule has 0 radical (unpaired) electrons. The van der Waals surface area contributed by atoms with Gasteiger partial charge in [-0.1, -0.05) is 42.5 Å². The average molecular weight is 456 g/mol. The molecule has 34 heavy (non-hydrogen) atoms. The van der Waals surface area contributed by atoms with Crippen LogP contribution in [-0.2, 0) is 0 Å². The Morgan fingerprint density at radius 2 is 1.59 bits per heavy atom. The molecule has 7 heteroatoms. The number of hydrogen-bond acceptors (Lipinski definition) is 5. The summed E-state index contributed by atoms with van der Waals surface area (Å²) < 4.78 is 6.09. The highest BCUT2D eigenvalue weighted by Gasteiger charge is 2.18. The lowest BCUT2D eigenvalue weighted by Crippen LogP contribution is -2.30. The van der Waals surface area contributed by atoms with Crippen LogP contribution in [0, 0.1) is 6.92 Å². The van der Waals surface area contributed by atoms with Gasteiger partial charge in [-0.3, -0.25) is 14.4 Å². The fourth-order valence-corrected chi connectivity index (χ4v) is 3.69. The molecule has 0 atom stereocenters. The van der Waals surface area contributed by atoms with Gasteiger partial charge in [-0.05, 0) is 43.7 Å². The maximum Gasteiger partial charge on any atom is 0.255 e. The van der Waals surface area contributed by atoms with Crippen molar-refractivity contribution in [1.82, 2.24) is 10.6 Å². The number of rotatable bonds is 7. The van der Waals surface area contributed by atoms with Gasteiger partial charge >= 0.3 is 0 Å². The van der Waals surface area contributed by atoms with Crippen molar-refractivity contribution in [2.75, 3.05) is 13.1 Å². The summed E-state index contributed by atoms with van der Waals surface area (Å²) in [5.41, 5.74) is 1.95. The number of phenolic OH excluding ortho intramolecular Hbond substituents is 1. The third-order valence-corrected chi connectivity index (χ3v) is 5.46. The van der Waals surface area contributed by atoms with E-state index < -0.39 is 0 Å². The number of carbonyl (C=O) groups is 2. The van der Waals surface area contributed by atoms with Crippen LogP contribution in [0.4, 0.5) is 0 Å². The maximum atomic E-state index is 13.0. The Labute approximate surface area is 196 Å². The zero-order valence-electron chi connectivity index (χ0n) is 18.6. The van der Waals surface area contributed by atoms with Gasteiger partial charge in [-0.2, -0.15) is 0 Å². The largest absolute Gasteiger partial charge is 0.508 e. The summed E-state index contributed by atoms with van der Waals surface area (Å²) >= 11 is 0. The Hall–Kier alpha value is -4.39. The minimum atomic E-state index is -0.365. The third kappa shape index (κ3) is 4.83. The predicted molar refractivity (Wildman–Crippen MR) is 130 cm³/mol. The minimum Gasteiger partial charge on any atom is -0.508 e. The molecule has 0 fully saturated rings. The molecular weight excluding hydrogens is 432 g/mol. The molecule has 1 heterocycles. The molecule has 2 amide bonds. The van der Waals surface area contributed by atoms with Crippen LogP contribution in [-0.4, -0.2) is 30.0 Å². The van der Waals surface area contributed by atoms with Crippen molar-refractivity contribution in [2.45, 2.75) is 13.3 Å². The first kappa shape index (κ1) is 22.8. The van der Waals surface area contributed by atoms with Crippen LogP contribution in [0.15, 0.2) is 82.0 Å². The van der Waals surface area contributed by atoms with Crippen molar-refractivity contribution in [3.63, 3.8) is 0 Å². The summed E-state index contributed by atoms with van der Waals surface area (Å²) in [5.74, 6) is -0.210. The SMILES string of the molecule is Cc1c(-c2ccccc2)oc2c(C(=O)NCCCNC(=O)c3cccc(O)c3)cccc2c1=O. The van der Waals surface area contributed by atoms with Crippen LogP contribution >= 0.6 is 0 Å². The van der Waals surface area contributed by atoms with E-state index in [4.69, 9.17) is 4.42 Å². The number of benzene rings is 3. The average Bonchev–Trinajstić information content (AvgIpc) is 2.86. The predicted octanol–water partition coefficient (Wildman–Crippen LogP) is 4.02. The van der Waals surface area contributed by atoms with E-state index in [0.29, 0.717) is 41.8 Å². The van der Waals surface area contributed by atoms with Crippen LogP contribution in [0.3, 0.4) is 0 Å². The molecule has 0 spiro atoms. The van der Waals surface area contributed by atoms with Crippen LogP contribution in [0.2, 0.25) is 0 Å². The number of amides is 2.